The Morgan fingerprint density at radius 2 is 2.35 bits per heavy atom. The molecule has 1 heterocycles. The lowest BCUT2D eigenvalue weighted by Crippen LogP contribution is -2.29. The fourth-order valence-corrected chi connectivity index (χ4v) is 2.07. The predicted octanol–water partition coefficient (Wildman–Crippen LogP) is 1.41. The van der Waals surface area contributed by atoms with E-state index in [-0.39, 0.29) is 5.91 Å². The summed E-state index contributed by atoms with van der Waals surface area (Å²) < 4.78 is 5.62. The normalized spacial score (nSPS) is 19.8. The molecule has 1 saturated heterocycles. The third-order valence-electron chi connectivity index (χ3n) is 2.88. The molecule has 1 aromatic carbocycles. The van der Waals surface area contributed by atoms with Gasteiger partial charge in [0.1, 0.15) is 5.75 Å². The molecule has 0 saturated carbocycles. The molecular formula is C12H15ClN2O2. The summed E-state index contributed by atoms with van der Waals surface area (Å²) in [6.07, 6.45) is 0.283. The van der Waals surface area contributed by atoms with Gasteiger partial charge >= 0.3 is 0 Å². The first-order valence-electron chi connectivity index (χ1n) is 5.52. The van der Waals surface area contributed by atoms with Crippen molar-refractivity contribution in [3.63, 3.8) is 0 Å². The van der Waals surface area contributed by atoms with Crippen molar-refractivity contribution in [1.29, 1.82) is 0 Å². The number of likely N-dealkylation sites (N-methyl/N-ethyl adjacent to an activating group) is 1. The molecule has 2 N–H and O–H groups in total. The SMILES string of the molecule is CN1CCC(Oc2ccc(CN)cc2Cl)C1=O. The Hall–Kier alpha value is -1.26. The number of carbonyl (C=O) groups is 1. The second kappa shape index (κ2) is 4.94. The van der Waals surface area contributed by atoms with Crippen LogP contribution >= 0.6 is 11.6 Å². The smallest absolute Gasteiger partial charge is 0.263 e. The molecule has 1 aliphatic rings. The molecule has 0 aromatic heterocycles. The number of benzene rings is 1. The fourth-order valence-electron chi connectivity index (χ4n) is 1.82. The zero-order chi connectivity index (χ0) is 12.4. The van der Waals surface area contributed by atoms with E-state index in [1.54, 1.807) is 24.1 Å². The van der Waals surface area contributed by atoms with Gasteiger partial charge in [-0.15, -0.1) is 0 Å². The van der Waals surface area contributed by atoms with Gasteiger partial charge in [-0.05, 0) is 17.7 Å². The average Bonchev–Trinajstić information content (AvgIpc) is 2.63. The molecule has 0 spiro atoms. The number of amides is 1. The monoisotopic (exact) mass is 254 g/mol. The first-order valence-corrected chi connectivity index (χ1v) is 5.89. The van der Waals surface area contributed by atoms with Crippen LogP contribution in [-0.4, -0.2) is 30.5 Å². The minimum atomic E-state index is -0.416. The molecule has 0 radical (unpaired) electrons. The first kappa shape index (κ1) is 12.2. The maximum Gasteiger partial charge on any atom is 0.263 e. The molecule has 1 amide bonds. The van der Waals surface area contributed by atoms with Crippen LogP contribution in [0.3, 0.4) is 0 Å². The van der Waals surface area contributed by atoms with E-state index in [4.69, 9.17) is 22.1 Å². The highest BCUT2D eigenvalue weighted by Crippen LogP contribution is 2.28. The third kappa shape index (κ3) is 2.53. The Labute approximate surface area is 105 Å². The molecule has 1 unspecified atom stereocenters. The minimum absolute atomic E-state index is 0.00367. The van der Waals surface area contributed by atoms with Gasteiger partial charge < -0.3 is 15.4 Å². The van der Waals surface area contributed by atoms with Crippen molar-refractivity contribution in [2.45, 2.75) is 19.1 Å². The van der Waals surface area contributed by atoms with E-state index in [0.29, 0.717) is 23.7 Å². The van der Waals surface area contributed by atoms with Crippen LogP contribution < -0.4 is 10.5 Å². The van der Waals surface area contributed by atoms with Crippen LogP contribution in [0.1, 0.15) is 12.0 Å². The summed E-state index contributed by atoms with van der Waals surface area (Å²) in [5, 5.41) is 0.496. The summed E-state index contributed by atoms with van der Waals surface area (Å²) in [6.45, 7) is 1.16. The van der Waals surface area contributed by atoms with E-state index in [1.807, 2.05) is 6.07 Å². The molecule has 1 aromatic rings. The molecule has 0 bridgehead atoms. The van der Waals surface area contributed by atoms with E-state index in [1.165, 1.54) is 0 Å². The third-order valence-corrected chi connectivity index (χ3v) is 3.17. The molecule has 5 heteroatoms. The van der Waals surface area contributed by atoms with Crippen molar-refractivity contribution in [3.05, 3.63) is 28.8 Å². The Bertz CT molecular complexity index is 437. The summed E-state index contributed by atoms with van der Waals surface area (Å²) in [5.41, 5.74) is 6.45. The van der Waals surface area contributed by atoms with Gasteiger partial charge in [0.25, 0.3) is 5.91 Å². The quantitative estimate of drug-likeness (QED) is 0.887. The minimum Gasteiger partial charge on any atom is -0.479 e. The molecule has 2 rings (SSSR count). The lowest BCUT2D eigenvalue weighted by atomic mass is 10.2. The van der Waals surface area contributed by atoms with Crippen molar-refractivity contribution < 1.29 is 9.53 Å². The van der Waals surface area contributed by atoms with Crippen LogP contribution in [0.4, 0.5) is 0 Å². The number of likely N-dealkylation sites (tertiary alicyclic amines) is 1. The summed E-state index contributed by atoms with van der Waals surface area (Å²) in [4.78, 5) is 13.3. The second-order valence-electron chi connectivity index (χ2n) is 4.12. The molecule has 1 aliphatic heterocycles. The number of carbonyl (C=O) groups excluding carboxylic acids is 1. The number of ether oxygens (including phenoxy) is 1. The van der Waals surface area contributed by atoms with Crippen LogP contribution in [-0.2, 0) is 11.3 Å². The van der Waals surface area contributed by atoms with Gasteiger partial charge in [0.05, 0.1) is 5.02 Å². The largest absolute Gasteiger partial charge is 0.479 e. The molecule has 4 nitrogen and oxygen atoms in total. The maximum atomic E-state index is 11.7. The number of nitrogens with zero attached hydrogens (tertiary/aromatic N) is 1. The highest BCUT2D eigenvalue weighted by Gasteiger charge is 2.31. The molecule has 17 heavy (non-hydrogen) atoms. The van der Waals surface area contributed by atoms with Gasteiger partial charge in [-0.1, -0.05) is 17.7 Å². The number of rotatable bonds is 3. The van der Waals surface area contributed by atoms with E-state index < -0.39 is 6.10 Å². The Morgan fingerprint density at radius 1 is 1.59 bits per heavy atom. The number of hydrogen-bond acceptors (Lipinski definition) is 3. The van der Waals surface area contributed by atoms with E-state index >= 15 is 0 Å². The van der Waals surface area contributed by atoms with Gasteiger partial charge in [0.15, 0.2) is 6.10 Å². The first-order chi connectivity index (χ1) is 8.11. The summed E-state index contributed by atoms with van der Waals surface area (Å²) in [5.74, 6) is 0.543. The maximum absolute atomic E-state index is 11.7. The van der Waals surface area contributed by atoms with Crippen LogP contribution in [0.2, 0.25) is 5.02 Å². The second-order valence-corrected chi connectivity index (χ2v) is 4.53. The Balaban J connectivity index is 2.11. The Kier molecular flexibility index (Phi) is 3.54. The zero-order valence-corrected chi connectivity index (χ0v) is 10.4. The highest BCUT2D eigenvalue weighted by molar-refractivity contribution is 6.32. The van der Waals surface area contributed by atoms with Crippen LogP contribution in [0.5, 0.6) is 5.75 Å². The highest BCUT2D eigenvalue weighted by atomic mass is 35.5. The molecule has 1 fully saturated rings. The Morgan fingerprint density at radius 3 is 2.88 bits per heavy atom. The summed E-state index contributed by atoms with van der Waals surface area (Å²) in [6, 6.07) is 5.38. The van der Waals surface area contributed by atoms with Crippen molar-refractivity contribution in [3.8, 4) is 5.75 Å². The van der Waals surface area contributed by atoms with Crippen molar-refractivity contribution in [2.24, 2.45) is 5.73 Å². The fraction of sp³-hybridized carbons (Fsp3) is 0.417. The molecule has 0 aliphatic carbocycles. The van der Waals surface area contributed by atoms with Crippen LogP contribution in [0.15, 0.2) is 18.2 Å². The van der Waals surface area contributed by atoms with Crippen LogP contribution in [0.25, 0.3) is 0 Å². The topological polar surface area (TPSA) is 55.6 Å². The van der Waals surface area contributed by atoms with Gasteiger partial charge in [-0.25, -0.2) is 0 Å². The predicted molar refractivity (Wildman–Crippen MR) is 66.0 cm³/mol. The summed E-state index contributed by atoms with van der Waals surface area (Å²) in [7, 11) is 1.77. The average molecular weight is 255 g/mol. The number of nitrogens with two attached hydrogens (primary N) is 1. The van der Waals surface area contributed by atoms with E-state index in [9.17, 15) is 4.79 Å². The number of halogens is 1. The lowest BCUT2D eigenvalue weighted by Gasteiger charge is -2.14. The summed E-state index contributed by atoms with van der Waals surface area (Å²) >= 11 is 6.07. The van der Waals surface area contributed by atoms with Crippen LogP contribution in [0, 0.1) is 0 Å². The van der Waals surface area contributed by atoms with Crippen molar-refractivity contribution in [1.82, 2.24) is 4.90 Å². The van der Waals surface area contributed by atoms with E-state index in [2.05, 4.69) is 0 Å². The zero-order valence-electron chi connectivity index (χ0n) is 9.65. The van der Waals surface area contributed by atoms with Gasteiger partial charge in [0.2, 0.25) is 0 Å². The van der Waals surface area contributed by atoms with E-state index in [0.717, 1.165) is 12.1 Å². The van der Waals surface area contributed by atoms with Gasteiger partial charge in [-0.3, -0.25) is 4.79 Å². The van der Waals surface area contributed by atoms with Crippen molar-refractivity contribution >= 4 is 17.5 Å². The molecular weight excluding hydrogens is 240 g/mol. The molecule has 92 valence electrons. The molecule has 1 atom stereocenters. The lowest BCUT2D eigenvalue weighted by molar-refractivity contribution is -0.132. The van der Waals surface area contributed by atoms with Crippen molar-refractivity contribution in [2.75, 3.05) is 13.6 Å². The van der Waals surface area contributed by atoms with Gasteiger partial charge in [0, 0.05) is 26.6 Å². The van der Waals surface area contributed by atoms with Gasteiger partial charge in [-0.2, -0.15) is 0 Å². The number of hydrogen-bond donors (Lipinski definition) is 1. The standard InChI is InChI=1S/C12H15ClN2O2/c1-15-5-4-11(12(15)16)17-10-3-2-8(7-14)6-9(10)13/h2-3,6,11H,4-5,7,14H2,1H3.